The first-order chi connectivity index (χ1) is 13.2. The lowest BCUT2D eigenvalue weighted by Crippen LogP contribution is -2.37. The minimum absolute atomic E-state index is 0.0298. The molecule has 0 spiro atoms. The predicted molar refractivity (Wildman–Crippen MR) is 106 cm³/mol. The van der Waals surface area contributed by atoms with Crippen LogP contribution in [-0.4, -0.2) is 31.2 Å². The summed E-state index contributed by atoms with van der Waals surface area (Å²) in [7, 11) is 0. The number of ether oxygens (including phenoxy) is 2. The van der Waals surface area contributed by atoms with Crippen molar-refractivity contribution in [2.24, 2.45) is 0 Å². The van der Waals surface area contributed by atoms with Crippen LogP contribution in [0.2, 0.25) is 0 Å². The monoisotopic (exact) mass is 366 g/mol. The molecule has 1 aliphatic rings. The Balaban J connectivity index is 1.31. The average molecular weight is 366 g/mol. The normalized spacial score (nSPS) is 14.1. The first-order valence-corrected chi connectivity index (χ1v) is 9.24. The zero-order valence-electron chi connectivity index (χ0n) is 15.4. The average Bonchev–Trinajstić information content (AvgIpc) is 3.45. The van der Waals surface area contributed by atoms with Crippen molar-refractivity contribution in [1.82, 2.24) is 10.6 Å². The quantitative estimate of drug-likeness (QED) is 0.641. The van der Waals surface area contributed by atoms with Gasteiger partial charge in [-0.05, 0) is 43.5 Å². The maximum Gasteiger partial charge on any atom is 0.257 e. The van der Waals surface area contributed by atoms with Gasteiger partial charge in [0.25, 0.3) is 5.91 Å². The van der Waals surface area contributed by atoms with E-state index < -0.39 is 0 Å². The molecule has 0 heterocycles. The zero-order chi connectivity index (χ0) is 19.0. The third-order valence-electron chi connectivity index (χ3n) is 4.49. The maximum absolute atomic E-state index is 11.9. The van der Waals surface area contributed by atoms with E-state index in [1.807, 2.05) is 60.7 Å². The first-order valence-electron chi connectivity index (χ1n) is 9.24. The second-order valence-corrected chi connectivity index (χ2v) is 6.81. The lowest BCUT2D eigenvalue weighted by Gasteiger charge is -2.21. The molecule has 5 nitrogen and oxygen atoms in total. The zero-order valence-corrected chi connectivity index (χ0v) is 15.4. The van der Waals surface area contributed by atoms with Gasteiger partial charge in [-0.15, -0.1) is 0 Å². The molecule has 27 heavy (non-hydrogen) atoms. The summed E-state index contributed by atoms with van der Waals surface area (Å²) < 4.78 is 11.2. The fourth-order valence-corrected chi connectivity index (χ4v) is 2.84. The maximum atomic E-state index is 11.9. The van der Waals surface area contributed by atoms with E-state index in [1.54, 1.807) is 0 Å². The molecule has 0 radical (unpaired) electrons. The second kappa shape index (κ2) is 9.12. The van der Waals surface area contributed by atoms with Crippen LogP contribution in [0.15, 0.2) is 72.9 Å². The van der Waals surface area contributed by atoms with Crippen molar-refractivity contribution in [2.75, 3.05) is 19.8 Å². The number of carbonyl (C=O) groups is 1. The van der Waals surface area contributed by atoms with Crippen LogP contribution < -0.4 is 20.1 Å². The number of nitrogens with one attached hydrogen (secondary N) is 2. The van der Waals surface area contributed by atoms with Crippen LogP contribution in [0.1, 0.15) is 19.3 Å². The van der Waals surface area contributed by atoms with Crippen molar-refractivity contribution < 1.29 is 14.3 Å². The highest BCUT2D eigenvalue weighted by atomic mass is 16.5. The lowest BCUT2D eigenvalue weighted by atomic mass is 10.1. The Hall–Kier alpha value is -2.95. The number of benzene rings is 2. The summed E-state index contributed by atoms with van der Waals surface area (Å²) in [6, 6.07) is 19.0. The van der Waals surface area contributed by atoms with E-state index in [0.29, 0.717) is 18.9 Å². The van der Waals surface area contributed by atoms with Crippen LogP contribution in [0.3, 0.4) is 0 Å². The van der Waals surface area contributed by atoms with Gasteiger partial charge in [0.1, 0.15) is 18.1 Å². The molecule has 1 amide bonds. The number of rotatable bonds is 11. The Morgan fingerprint density at radius 3 is 2.04 bits per heavy atom. The molecule has 0 bridgehead atoms. The van der Waals surface area contributed by atoms with Gasteiger partial charge in [-0.25, -0.2) is 0 Å². The smallest absolute Gasteiger partial charge is 0.257 e. The van der Waals surface area contributed by atoms with E-state index in [1.165, 1.54) is 0 Å². The van der Waals surface area contributed by atoms with Crippen LogP contribution in [0, 0.1) is 0 Å². The summed E-state index contributed by atoms with van der Waals surface area (Å²) >= 11 is 0. The van der Waals surface area contributed by atoms with Crippen LogP contribution in [0.25, 0.3) is 0 Å². The number of amides is 1. The highest BCUT2D eigenvalue weighted by Crippen LogP contribution is 2.39. The fraction of sp³-hybridized carbons (Fsp3) is 0.318. The van der Waals surface area contributed by atoms with Crippen LogP contribution in [-0.2, 0) is 4.79 Å². The molecule has 0 aromatic heterocycles. The molecular weight excluding hydrogens is 340 g/mol. The summed E-state index contributed by atoms with van der Waals surface area (Å²) in [5.41, 5.74) is 0.889. The van der Waals surface area contributed by atoms with Crippen molar-refractivity contribution in [3.05, 3.63) is 72.9 Å². The summed E-state index contributed by atoms with van der Waals surface area (Å²) in [6.07, 6.45) is 3.01. The number of hydrogen-bond acceptors (Lipinski definition) is 4. The van der Waals surface area contributed by atoms with Gasteiger partial charge in [0, 0.05) is 17.8 Å². The van der Waals surface area contributed by atoms with Gasteiger partial charge in [-0.3, -0.25) is 4.79 Å². The molecule has 0 aliphatic heterocycles. The van der Waals surface area contributed by atoms with Gasteiger partial charge in [-0.1, -0.05) is 43.0 Å². The standard InChI is InChI=1S/C22H26N2O3/c1-18(16-26-19-8-4-2-5-9-19)24-22(12-13-22)14-15-23-21(25)17-27-20-10-6-3-7-11-20/h2-11,24H,1,12-17H2,(H,23,25). The van der Waals surface area contributed by atoms with E-state index in [2.05, 4.69) is 17.2 Å². The molecule has 0 unspecified atom stereocenters. The Labute approximate surface area is 160 Å². The molecule has 1 fully saturated rings. The van der Waals surface area contributed by atoms with E-state index in [9.17, 15) is 4.79 Å². The Bertz CT molecular complexity index is 743. The lowest BCUT2D eigenvalue weighted by molar-refractivity contribution is -0.123. The molecule has 5 heteroatoms. The number of hydrogen-bond donors (Lipinski definition) is 2. The SMILES string of the molecule is C=C(COc1ccccc1)NC1(CCNC(=O)COc2ccccc2)CC1. The van der Waals surface area contributed by atoms with Crippen molar-refractivity contribution in [2.45, 2.75) is 24.8 Å². The predicted octanol–water partition coefficient (Wildman–Crippen LogP) is 3.29. The minimum atomic E-state index is -0.110. The largest absolute Gasteiger partial charge is 0.487 e. The molecule has 0 atom stereocenters. The third kappa shape index (κ3) is 6.37. The van der Waals surface area contributed by atoms with Crippen molar-refractivity contribution in [3.63, 3.8) is 0 Å². The third-order valence-corrected chi connectivity index (χ3v) is 4.49. The Kier molecular flexibility index (Phi) is 6.36. The Morgan fingerprint density at radius 2 is 1.48 bits per heavy atom. The highest BCUT2D eigenvalue weighted by Gasteiger charge is 2.42. The molecule has 1 aliphatic carbocycles. The summed E-state index contributed by atoms with van der Waals surface area (Å²) in [6.45, 7) is 5.13. The van der Waals surface area contributed by atoms with Crippen molar-refractivity contribution in [3.8, 4) is 11.5 Å². The summed E-state index contributed by atoms with van der Waals surface area (Å²) in [4.78, 5) is 11.9. The van der Waals surface area contributed by atoms with Crippen LogP contribution in [0.4, 0.5) is 0 Å². The molecule has 0 saturated heterocycles. The van der Waals surface area contributed by atoms with E-state index in [0.717, 1.165) is 30.7 Å². The molecular formula is C22H26N2O3. The van der Waals surface area contributed by atoms with Crippen LogP contribution in [0.5, 0.6) is 11.5 Å². The molecule has 2 aromatic carbocycles. The van der Waals surface area contributed by atoms with Gasteiger partial charge in [0.2, 0.25) is 0 Å². The molecule has 1 saturated carbocycles. The van der Waals surface area contributed by atoms with E-state index in [4.69, 9.17) is 9.47 Å². The molecule has 142 valence electrons. The van der Waals surface area contributed by atoms with E-state index >= 15 is 0 Å². The Morgan fingerprint density at radius 1 is 0.926 bits per heavy atom. The summed E-state index contributed by atoms with van der Waals surface area (Å²) in [5.74, 6) is 1.42. The van der Waals surface area contributed by atoms with Crippen molar-refractivity contribution >= 4 is 5.91 Å². The van der Waals surface area contributed by atoms with Gasteiger partial charge >= 0.3 is 0 Å². The second-order valence-electron chi connectivity index (χ2n) is 6.81. The van der Waals surface area contributed by atoms with Crippen LogP contribution >= 0.6 is 0 Å². The van der Waals surface area contributed by atoms with Gasteiger partial charge in [-0.2, -0.15) is 0 Å². The van der Waals surface area contributed by atoms with Gasteiger partial charge in [0.05, 0.1) is 0 Å². The van der Waals surface area contributed by atoms with Crippen molar-refractivity contribution in [1.29, 1.82) is 0 Å². The fourth-order valence-electron chi connectivity index (χ4n) is 2.84. The minimum Gasteiger partial charge on any atom is -0.487 e. The van der Waals surface area contributed by atoms with Gasteiger partial charge < -0.3 is 20.1 Å². The first kappa shape index (κ1) is 18.8. The molecule has 2 aromatic rings. The van der Waals surface area contributed by atoms with Gasteiger partial charge in [0.15, 0.2) is 6.61 Å². The molecule has 2 N–H and O–H groups in total. The molecule has 3 rings (SSSR count). The number of carbonyl (C=O) groups excluding carboxylic acids is 1. The summed E-state index contributed by atoms with van der Waals surface area (Å²) in [5, 5.41) is 6.38. The van der Waals surface area contributed by atoms with E-state index in [-0.39, 0.29) is 18.1 Å². The highest BCUT2D eigenvalue weighted by molar-refractivity contribution is 5.77. The number of para-hydroxylation sites is 2. The topological polar surface area (TPSA) is 59.6 Å².